The number of methoxy groups -OCH3 is 1. The van der Waals surface area contributed by atoms with Crippen molar-refractivity contribution >= 4 is 46.0 Å². The summed E-state index contributed by atoms with van der Waals surface area (Å²) >= 11 is 1.20. The second-order valence-electron chi connectivity index (χ2n) is 5.50. The van der Waals surface area contributed by atoms with Crippen LogP contribution in [0.25, 0.3) is 10.9 Å². The summed E-state index contributed by atoms with van der Waals surface area (Å²) in [6.45, 7) is -0.157. The first kappa shape index (κ1) is 18.7. The fourth-order valence-corrected chi connectivity index (χ4v) is 2.98. The molecular weight excluding hydrogens is 364 g/mol. The molecule has 0 aliphatic carbocycles. The Hall–Kier alpha value is -3.13. The number of hydrogen-bond donors (Lipinski definition) is 2. The van der Waals surface area contributed by atoms with Crippen LogP contribution in [0.15, 0.2) is 59.8 Å². The summed E-state index contributed by atoms with van der Waals surface area (Å²) in [7, 11) is 1.27. The number of para-hydroxylation sites is 2. The van der Waals surface area contributed by atoms with Gasteiger partial charge >= 0.3 is 5.97 Å². The Morgan fingerprint density at radius 1 is 1.04 bits per heavy atom. The number of esters is 1. The van der Waals surface area contributed by atoms with Gasteiger partial charge in [0.1, 0.15) is 12.4 Å². The van der Waals surface area contributed by atoms with Crippen molar-refractivity contribution in [1.82, 2.24) is 15.3 Å². The number of anilines is 2. The third-order valence-electron chi connectivity index (χ3n) is 3.61. The van der Waals surface area contributed by atoms with E-state index in [4.69, 9.17) is 0 Å². The molecule has 2 aromatic carbocycles. The average molecular weight is 382 g/mol. The highest BCUT2D eigenvalue weighted by Crippen LogP contribution is 2.26. The minimum atomic E-state index is -0.496. The lowest BCUT2D eigenvalue weighted by Crippen LogP contribution is -2.31. The lowest BCUT2D eigenvalue weighted by atomic mass is 10.2. The maximum atomic E-state index is 11.9. The predicted molar refractivity (Wildman–Crippen MR) is 105 cm³/mol. The van der Waals surface area contributed by atoms with Gasteiger partial charge in [-0.15, -0.1) is 0 Å². The number of fused-ring (bicyclic) bond motifs is 1. The first-order chi connectivity index (χ1) is 13.2. The lowest BCUT2D eigenvalue weighted by molar-refractivity contribution is -0.140. The molecule has 0 atom stereocenters. The summed E-state index contributed by atoms with van der Waals surface area (Å²) in [5, 5.41) is 7.15. The molecule has 0 saturated heterocycles. The number of hydrogen-bond acceptors (Lipinski definition) is 7. The van der Waals surface area contributed by atoms with Crippen molar-refractivity contribution in [2.45, 2.75) is 5.16 Å². The van der Waals surface area contributed by atoms with Crippen molar-refractivity contribution < 1.29 is 14.3 Å². The zero-order valence-electron chi connectivity index (χ0n) is 14.6. The fraction of sp³-hybridized carbons (Fsp3) is 0.158. The zero-order valence-corrected chi connectivity index (χ0v) is 15.5. The van der Waals surface area contributed by atoms with E-state index < -0.39 is 5.97 Å². The van der Waals surface area contributed by atoms with Crippen LogP contribution >= 0.6 is 11.8 Å². The molecule has 1 heterocycles. The van der Waals surface area contributed by atoms with Gasteiger partial charge in [-0.05, 0) is 24.3 Å². The van der Waals surface area contributed by atoms with Crippen LogP contribution in [-0.4, -0.2) is 41.3 Å². The molecule has 27 heavy (non-hydrogen) atoms. The number of benzene rings is 2. The van der Waals surface area contributed by atoms with Crippen molar-refractivity contribution in [3.63, 3.8) is 0 Å². The van der Waals surface area contributed by atoms with Gasteiger partial charge in [0.25, 0.3) is 0 Å². The van der Waals surface area contributed by atoms with E-state index in [-0.39, 0.29) is 18.2 Å². The molecule has 0 spiro atoms. The minimum Gasteiger partial charge on any atom is -0.468 e. The molecule has 0 aliphatic heterocycles. The van der Waals surface area contributed by atoms with Crippen LogP contribution in [0.5, 0.6) is 0 Å². The van der Waals surface area contributed by atoms with E-state index in [1.807, 2.05) is 54.6 Å². The van der Waals surface area contributed by atoms with E-state index in [1.54, 1.807) is 0 Å². The number of amides is 1. The molecule has 3 aromatic rings. The van der Waals surface area contributed by atoms with Gasteiger partial charge in [0.2, 0.25) is 5.91 Å². The Balaban J connectivity index is 1.76. The van der Waals surface area contributed by atoms with Crippen LogP contribution in [0.3, 0.4) is 0 Å². The van der Waals surface area contributed by atoms with Gasteiger partial charge in [0.05, 0.1) is 18.4 Å². The highest BCUT2D eigenvalue weighted by molar-refractivity contribution is 7.99. The summed E-state index contributed by atoms with van der Waals surface area (Å²) in [6, 6.07) is 17.4. The highest BCUT2D eigenvalue weighted by atomic mass is 32.2. The van der Waals surface area contributed by atoms with Crippen molar-refractivity contribution in [2.24, 2.45) is 0 Å². The minimum absolute atomic E-state index is 0.0973. The number of rotatable bonds is 7. The summed E-state index contributed by atoms with van der Waals surface area (Å²) < 4.78 is 4.49. The van der Waals surface area contributed by atoms with Gasteiger partial charge in [-0.3, -0.25) is 9.59 Å². The fourth-order valence-electron chi connectivity index (χ4n) is 2.30. The van der Waals surface area contributed by atoms with Crippen LogP contribution in [0.2, 0.25) is 0 Å². The van der Waals surface area contributed by atoms with Gasteiger partial charge in [0.15, 0.2) is 5.16 Å². The summed E-state index contributed by atoms with van der Waals surface area (Å²) in [5.41, 5.74) is 1.69. The van der Waals surface area contributed by atoms with E-state index >= 15 is 0 Å². The number of carbonyl (C=O) groups excluding carboxylic acids is 2. The normalized spacial score (nSPS) is 10.4. The maximum absolute atomic E-state index is 11.9. The van der Waals surface area contributed by atoms with Crippen LogP contribution in [0.4, 0.5) is 11.5 Å². The Morgan fingerprint density at radius 2 is 1.78 bits per heavy atom. The molecule has 0 aliphatic rings. The zero-order chi connectivity index (χ0) is 19.1. The molecule has 138 valence electrons. The second kappa shape index (κ2) is 9.00. The monoisotopic (exact) mass is 382 g/mol. The Labute approximate surface area is 160 Å². The summed E-state index contributed by atoms with van der Waals surface area (Å²) in [4.78, 5) is 32.0. The SMILES string of the molecule is COC(=O)CNC(=O)CSc1nc(Nc2ccccc2)c2ccccc2n1. The van der Waals surface area contributed by atoms with E-state index in [9.17, 15) is 9.59 Å². The highest BCUT2D eigenvalue weighted by Gasteiger charge is 2.11. The molecule has 0 radical (unpaired) electrons. The number of aromatic nitrogens is 2. The lowest BCUT2D eigenvalue weighted by Gasteiger charge is -2.10. The van der Waals surface area contributed by atoms with Gasteiger partial charge in [-0.1, -0.05) is 42.1 Å². The number of carbonyl (C=O) groups is 2. The molecule has 8 heteroatoms. The molecule has 3 rings (SSSR count). The predicted octanol–water partition coefficient (Wildman–Crippen LogP) is 2.75. The Kier molecular flexibility index (Phi) is 6.22. The third-order valence-corrected chi connectivity index (χ3v) is 4.46. The van der Waals surface area contributed by atoms with Gasteiger partial charge in [-0.2, -0.15) is 0 Å². The molecule has 0 fully saturated rings. The van der Waals surface area contributed by atoms with E-state index in [0.29, 0.717) is 11.0 Å². The van der Waals surface area contributed by atoms with Crippen molar-refractivity contribution in [3.8, 4) is 0 Å². The largest absolute Gasteiger partial charge is 0.468 e. The van der Waals surface area contributed by atoms with Gasteiger partial charge in [0, 0.05) is 11.1 Å². The first-order valence-corrected chi connectivity index (χ1v) is 9.19. The molecule has 0 saturated carbocycles. The topological polar surface area (TPSA) is 93.2 Å². The van der Waals surface area contributed by atoms with Crippen molar-refractivity contribution in [2.75, 3.05) is 24.7 Å². The van der Waals surface area contributed by atoms with Crippen LogP contribution in [-0.2, 0) is 14.3 Å². The van der Waals surface area contributed by atoms with Crippen LogP contribution in [0.1, 0.15) is 0 Å². The number of ether oxygens (including phenoxy) is 1. The number of thioether (sulfide) groups is 1. The maximum Gasteiger partial charge on any atom is 0.325 e. The van der Waals surface area contributed by atoms with E-state index in [2.05, 4.69) is 25.3 Å². The molecule has 0 unspecified atom stereocenters. The molecule has 7 nitrogen and oxygen atoms in total. The standard InChI is InChI=1S/C19H18N4O3S/c1-26-17(25)11-20-16(24)12-27-19-22-15-10-6-5-9-14(15)18(23-19)21-13-7-3-2-4-8-13/h2-10H,11-12H2,1H3,(H,20,24)(H,21,22,23). The summed E-state index contributed by atoms with van der Waals surface area (Å²) in [5.74, 6) is -0.0197. The average Bonchev–Trinajstić information content (AvgIpc) is 2.71. The van der Waals surface area contributed by atoms with Crippen LogP contribution in [0, 0.1) is 0 Å². The van der Waals surface area contributed by atoms with E-state index in [0.717, 1.165) is 16.6 Å². The van der Waals surface area contributed by atoms with Crippen molar-refractivity contribution in [3.05, 3.63) is 54.6 Å². The third kappa shape index (κ3) is 5.18. The molecule has 0 bridgehead atoms. The van der Waals surface area contributed by atoms with Gasteiger partial charge < -0.3 is 15.4 Å². The summed E-state index contributed by atoms with van der Waals surface area (Å²) in [6.07, 6.45) is 0. The smallest absolute Gasteiger partial charge is 0.325 e. The Bertz CT molecular complexity index is 950. The molecular formula is C19H18N4O3S. The first-order valence-electron chi connectivity index (χ1n) is 8.21. The Morgan fingerprint density at radius 3 is 2.56 bits per heavy atom. The number of nitrogens with one attached hydrogen (secondary N) is 2. The van der Waals surface area contributed by atoms with E-state index in [1.165, 1.54) is 18.9 Å². The van der Waals surface area contributed by atoms with Crippen LogP contribution < -0.4 is 10.6 Å². The molecule has 1 amide bonds. The van der Waals surface area contributed by atoms with Crippen molar-refractivity contribution in [1.29, 1.82) is 0 Å². The number of nitrogens with zero attached hydrogens (tertiary/aromatic N) is 2. The molecule has 2 N–H and O–H groups in total. The molecule has 1 aromatic heterocycles. The quantitative estimate of drug-likeness (QED) is 0.369. The van der Waals surface area contributed by atoms with Gasteiger partial charge in [-0.25, -0.2) is 9.97 Å². The second-order valence-corrected chi connectivity index (χ2v) is 6.45.